The maximum Gasteiger partial charge on any atom is 0.167 e. The van der Waals surface area contributed by atoms with Gasteiger partial charge in [-0.15, -0.1) is 0 Å². The number of benzene rings is 1. The molecule has 1 heterocycles. The second kappa shape index (κ2) is 5.93. The Kier molecular flexibility index (Phi) is 4.28. The van der Waals surface area contributed by atoms with Gasteiger partial charge < -0.3 is 0 Å². The molecule has 18 heavy (non-hydrogen) atoms. The molecule has 0 unspecified atom stereocenters. The summed E-state index contributed by atoms with van der Waals surface area (Å²) in [4.78, 5) is 16.8. The molecule has 5 heteroatoms. The summed E-state index contributed by atoms with van der Waals surface area (Å²) in [6, 6.07) is 9.19. The summed E-state index contributed by atoms with van der Waals surface area (Å²) >= 11 is 6.58. The number of hydrogen-bond donors (Lipinski definition) is 0. The first-order valence-electron chi connectivity index (χ1n) is 5.54. The summed E-state index contributed by atoms with van der Waals surface area (Å²) in [5.74, 6) is 0.760. The van der Waals surface area contributed by atoms with Gasteiger partial charge in [-0.25, -0.2) is 4.98 Å². The van der Waals surface area contributed by atoms with Gasteiger partial charge in [0.05, 0.1) is 0 Å². The topological polar surface area (TPSA) is 42.9 Å². The van der Waals surface area contributed by atoms with E-state index < -0.39 is 0 Å². The lowest BCUT2D eigenvalue weighted by atomic mass is 10.1. The summed E-state index contributed by atoms with van der Waals surface area (Å²) < 4.78 is 4.17. The number of carbonyl (C=O) groups is 1. The number of nitrogens with zero attached hydrogens (tertiary/aromatic N) is 2. The molecule has 3 nitrogen and oxygen atoms in total. The summed E-state index contributed by atoms with van der Waals surface area (Å²) in [5.41, 5.74) is 0.697. The van der Waals surface area contributed by atoms with E-state index in [4.69, 9.17) is 12.2 Å². The molecule has 2 aromatic rings. The van der Waals surface area contributed by atoms with Gasteiger partial charge in [0.25, 0.3) is 0 Å². The van der Waals surface area contributed by atoms with E-state index in [0.29, 0.717) is 22.7 Å². The number of aryl methyl sites for hydroxylation is 1. The third-order valence-electron chi connectivity index (χ3n) is 2.38. The molecule has 0 fully saturated rings. The SMILES string of the molecule is Cc1nc(CC(=S)CC(=O)c2ccccc2)ns1. The average Bonchev–Trinajstić information content (AvgIpc) is 2.75. The molecule has 0 saturated carbocycles. The highest BCUT2D eigenvalue weighted by molar-refractivity contribution is 7.80. The van der Waals surface area contributed by atoms with Crippen LogP contribution in [0.2, 0.25) is 0 Å². The molecule has 0 bridgehead atoms. The van der Waals surface area contributed by atoms with Crippen molar-refractivity contribution in [2.24, 2.45) is 0 Å². The van der Waals surface area contributed by atoms with Gasteiger partial charge in [-0.3, -0.25) is 4.79 Å². The van der Waals surface area contributed by atoms with Gasteiger partial charge in [0.1, 0.15) is 10.8 Å². The Bertz CT molecular complexity index is 563. The highest BCUT2D eigenvalue weighted by Gasteiger charge is 2.11. The molecule has 0 aliphatic heterocycles. The second-order valence-electron chi connectivity index (χ2n) is 3.91. The predicted molar refractivity (Wildman–Crippen MR) is 76.3 cm³/mol. The van der Waals surface area contributed by atoms with Crippen LogP contribution in [0.4, 0.5) is 0 Å². The van der Waals surface area contributed by atoms with E-state index in [0.717, 1.165) is 5.01 Å². The first kappa shape index (κ1) is 13.0. The van der Waals surface area contributed by atoms with Gasteiger partial charge in [0, 0.05) is 23.3 Å². The molecule has 0 amide bonds. The fraction of sp³-hybridized carbons (Fsp3) is 0.231. The molecule has 0 aliphatic carbocycles. The first-order valence-corrected chi connectivity index (χ1v) is 6.72. The zero-order chi connectivity index (χ0) is 13.0. The number of hydrogen-bond acceptors (Lipinski definition) is 5. The predicted octanol–water partition coefficient (Wildman–Crippen LogP) is 3.03. The van der Waals surface area contributed by atoms with Crippen LogP contribution in [0.1, 0.15) is 27.6 Å². The molecule has 0 saturated heterocycles. The molecule has 92 valence electrons. The smallest absolute Gasteiger partial charge is 0.167 e. The number of rotatable bonds is 5. The summed E-state index contributed by atoms with van der Waals surface area (Å²) in [5, 5.41) is 0.919. The Morgan fingerprint density at radius 3 is 2.67 bits per heavy atom. The Balaban J connectivity index is 1.94. The van der Waals surface area contributed by atoms with Crippen LogP contribution in [0, 0.1) is 6.92 Å². The third kappa shape index (κ3) is 3.51. The fourth-order valence-electron chi connectivity index (χ4n) is 1.56. The van der Waals surface area contributed by atoms with Gasteiger partial charge in [0.15, 0.2) is 5.78 Å². The third-order valence-corrected chi connectivity index (χ3v) is 3.32. The minimum absolute atomic E-state index is 0.0487. The Labute approximate surface area is 115 Å². The quantitative estimate of drug-likeness (QED) is 0.622. The maximum absolute atomic E-state index is 11.9. The van der Waals surface area contributed by atoms with Crippen molar-refractivity contribution >= 4 is 34.4 Å². The van der Waals surface area contributed by atoms with E-state index >= 15 is 0 Å². The molecule has 2 rings (SSSR count). The zero-order valence-corrected chi connectivity index (χ0v) is 11.6. The van der Waals surface area contributed by atoms with E-state index in [-0.39, 0.29) is 12.2 Å². The van der Waals surface area contributed by atoms with Crippen LogP contribution in [-0.2, 0) is 6.42 Å². The van der Waals surface area contributed by atoms with Crippen LogP contribution in [-0.4, -0.2) is 20.0 Å². The Morgan fingerprint density at radius 1 is 1.33 bits per heavy atom. The van der Waals surface area contributed by atoms with Crippen molar-refractivity contribution in [2.45, 2.75) is 19.8 Å². The Morgan fingerprint density at radius 2 is 2.06 bits per heavy atom. The molecule has 0 spiro atoms. The molecular weight excluding hydrogens is 264 g/mol. The number of ketones is 1. The maximum atomic E-state index is 11.9. The summed E-state index contributed by atoms with van der Waals surface area (Å²) in [6.45, 7) is 1.90. The van der Waals surface area contributed by atoms with E-state index in [1.54, 1.807) is 12.1 Å². The molecule has 0 aliphatic rings. The van der Waals surface area contributed by atoms with Crippen molar-refractivity contribution in [3.05, 3.63) is 46.7 Å². The van der Waals surface area contributed by atoms with E-state index in [1.165, 1.54) is 11.5 Å². The van der Waals surface area contributed by atoms with Gasteiger partial charge >= 0.3 is 0 Å². The fourth-order valence-corrected chi connectivity index (χ4v) is 2.31. The van der Waals surface area contributed by atoms with Crippen LogP contribution in [0.15, 0.2) is 30.3 Å². The molecule has 0 N–H and O–H groups in total. The minimum atomic E-state index is 0.0487. The van der Waals surface area contributed by atoms with Crippen molar-refractivity contribution in [1.82, 2.24) is 9.36 Å². The van der Waals surface area contributed by atoms with Crippen LogP contribution in [0.25, 0.3) is 0 Å². The lowest BCUT2D eigenvalue weighted by Crippen LogP contribution is -2.09. The summed E-state index contributed by atoms with van der Waals surface area (Å²) in [7, 11) is 0. The van der Waals surface area contributed by atoms with Crippen LogP contribution in [0.5, 0.6) is 0 Å². The van der Waals surface area contributed by atoms with Gasteiger partial charge in [0.2, 0.25) is 0 Å². The van der Waals surface area contributed by atoms with Crippen molar-refractivity contribution < 1.29 is 4.79 Å². The van der Waals surface area contributed by atoms with Crippen LogP contribution in [0.3, 0.4) is 0 Å². The average molecular weight is 276 g/mol. The van der Waals surface area contributed by atoms with Crippen molar-refractivity contribution in [3.8, 4) is 0 Å². The van der Waals surface area contributed by atoms with E-state index in [9.17, 15) is 4.79 Å². The highest BCUT2D eigenvalue weighted by Crippen LogP contribution is 2.08. The molecule has 1 aromatic heterocycles. The van der Waals surface area contributed by atoms with Crippen LogP contribution >= 0.6 is 23.8 Å². The number of thiocarbonyl (C=S) groups is 1. The van der Waals surface area contributed by atoms with Crippen molar-refractivity contribution in [1.29, 1.82) is 0 Å². The number of Topliss-reactive ketones (excluding diaryl/α,β-unsaturated/α-hetero) is 1. The monoisotopic (exact) mass is 276 g/mol. The summed E-state index contributed by atoms with van der Waals surface area (Å²) in [6.07, 6.45) is 0.774. The lowest BCUT2D eigenvalue weighted by Gasteiger charge is -2.01. The second-order valence-corrected chi connectivity index (χ2v) is 5.44. The molecule has 0 atom stereocenters. The first-order chi connectivity index (χ1) is 8.65. The van der Waals surface area contributed by atoms with Gasteiger partial charge in [-0.05, 0) is 18.5 Å². The molecule has 1 aromatic carbocycles. The molecular formula is C13H12N2OS2. The van der Waals surface area contributed by atoms with Crippen molar-refractivity contribution in [3.63, 3.8) is 0 Å². The van der Waals surface area contributed by atoms with E-state index in [2.05, 4.69) is 9.36 Å². The number of aromatic nitrogens is 2. The highest BCUT2D eigenvalue weighted by atomic mass is 32.1. The normalized spacial score (nSPS) is 10.3. The Hall–Kier alpha value is -1.46. The van der Waals surface area contributed by atoms with Crippen LogP contribution < -0.4 is 0 Å². The molecule has 0 radical (unpaired) electrons. The zero-order valence-electron chi connectivity index (χ0n) is 9.92. The standard InChI is InChI=1S/C13H12N2OS2/c1-9-14-13(15-18-9)8-11(17)7-12(16)10-5-3-2-4-6-10/h2-6H,7-8H2,1H3. The van der Waals surface area contributed by atoms with Gasteiger partial charge in [-0.1, -0.05) is 42.5 Å². The number of carbonyl (C=O) groups excluding carboxylic acids is 1. The lowest BCUT2D eigenvalue weighted by molar-refractivity contribution is 0.100. The van der Waals surface area contributed by atoms with Gasteiger partial charge in [-0.2, -0.15) is 4.37 Å². The van der Waals surface area contributed by atoms with E-state index in [1.807, 2.05) is 25.1 Å². The minimum Gasteiger partial charge on any atom is -0.294 e. The largest absolute Gasteiger partial charge is 0.294 e. The van der Waals surface area contributed by atoms with Crippen molar-refractivity contribution in [2.75, 3.05) is 0 Å².